The van der Waals surface area contributed by atoms with E-state index in [0.717, 1.165) is 11.1 Å². The molecule has 0 aliphatic carbocycles. The van der Waals surface area contributed by atoms with Crippen molar-refractivity contribution in [3.63, 3.8) is 0 Å². The number of hydrogen-bond acceptors (Lipinski definition) is 3. The average molecular weight is 264 g/mol. The SMILES string of the molecule is Cc1cc(N)c(S(=O)(=O)NCC(F)F)cc1C. The van der Waals surface area contributed by atoms with Crippen LogP contribution in [0.1, 0.15) is 11.1 Å². The topological polar surface area (TPSA) is 72.2 Å². The van der Waals surface area contributed by atoms with Crippen molar-refractivity contribution in [2.24, 2.45) is 0 Å². The first-order chi connectivity index (χ1) is 7.74. The minimum absolute atomic E-state index is 0.0508. The van der Waals surface area contributed by atoms with Crippen molar-refractivity contribution in [2.75, 3.05) is 12.3 Å². The van der Waals surface area contributed by atoms with E-state index in [1.165, 1.54) is 12.1 Å². The third-order valence-electron chi connectivity index (χ3n) is 2.34. The van der Waals surface area contributed by atoms with Gasteiger partial charge in [-0.15, -0.1) is 0 Å². The maximum atomic E-state index is 12.0. The highest BCUT2D eigenvalue weighted by atomic mass is 32.2. The van der Waals surface area contributed by atoms with Crippen LogP contribution >= 0.6 is 0 Å². The van der Waals surface area contributed by atoms with Gasteiger partial charge in [0.05, 0.1) is 12.2 Å². The molecular formula is C10H14F2N2O2S. The standard InChI is InChI=1S/C10H14F2N2O2S/c1-6-3-8(13)9(4-7(6)2)17(15,16)14-5-10(11)12/h3-4,10,14H,5,13H2,1-2H3. The van der Waals surface area contributed by atoms with Crippen LogP contribution in [0.2, 0.25) is 0 Å². The minimum Gasteiger partial charge on any atom is -0.398 e. The molecule has 1 rings (SSSR count). The Kier molecular flexibility index (Phi) is 4.05. The lowest BCUT2D eigenvalue weighted by Gasteiger charge is -2.11. The van der Waals surface area contributed by atoms with Crippen LogP contribution in [0.3, 0.4) is 0 Å². The quantitative estimate of drug-likeness (QED) is 0.808. The van der Waals surface area contributed by atoms with Gasteiger partial charge in [0.15, 0.2) is 0 Å². The Morgan fingerprint density at radius 2 is 1.82 bits per heavy atom. The van der Waals surface area contributed by atoms with Gasteiger partial charge in [0, 0.05) is 0 Å². The van der Waals surface area contributed by atoms with Crippen LogP contribution in [0.4, 0.5) is 14.5 Å². The van der Waals surface area contributed by atoms with Gasteiger partial charge in [0.25, 0.3) is 6.43 Å². The molecule has 0 heterocycles. The van der Waals surface area contributed by atoms with Crippen molar-refractivity contribution in [2.45, 2.75) is 25.2 Å². The average Bonchev–Trinajstić information content (AvgIpc) is 2.20. The summed E-state index contributed by atoms with van der Waals surface area (Å²) >= 11 is 0. The predicted molar refractivity (Wildman–Crippen MR) is 61.5 cm³/mol. The van der Waals surface area contributed by atoms with Crippen LogP contribution in [-0.4, -0.2) is 21.4 Å². The van der Waals surface area contributed by atoms with E-state index in [0.29, 0.717) is 0 Å². The Balaban J connectivity index is 3.11. The van der Waals surface area contributed by atoms with Gasteiger partial charge in [-0.2, -0.15) is 0 Å². The van der Waals surface area contributed by atoms with Gasteiger partial charge < -0.3 is 5.73 Å². The predicted octanol–water partition coefficient (Wildman–Crippen LogP) is 1.43. The Morgan fingerprint density at radius 3 is 2.35 bits per heavy atom. The van der Waals surface area contributed by atoms with Crippen molar-refractivity contribution in [3.05, 3.63) is 23.3 Å². The minimum atomic E-state index is -3.98. The number of aryl methyl sites for hydroxylation is 2. The van der Waals surface area contributed by atoms with E-state index in [9.17, 15) is 17.2 Å². The number of rotatable bonds is 4. The highest BCUT2D eigenvalue weighted by molar-refractivity contribution is 7.89. The molecule has 4 nitrogen and oxygen atoms in total. The highest BCUT2D eigenvalue weighted by Gasteiger charge is 2.19. The Labute approximate surface area is 98.9 Å². The normalized spacial score (nSPS) is 12.1. The summed E-state index contributed by atoms with van der Waals surface area (Å²) in [7, 11) is -3.98. The second kappa shape index (κ2) is 4.97. The summed E-state index contributed by atoms with van der Waals surface area (Å²) in [6.07, 6.45) is -2.74. The van der Waals surface area contributed by atoms with Gasteiger partial charge in [0.1, 0.15) is 4.90 Å². The molecule has 0 aliphatic heterocycles. The number of nitrogen functional groups attached to an aromatic ring is 1. The number of sulfonamides is 1. The first-order valence-corrected chi connectivity index (χ1v) is 6.37. The molecule has 1 aromatic carbocycles. The number of benzene rings is 1. The zero-order chi connectivity index (χ0) is 13.2. The van der Waals surface area contributed by atoms with Crippen molar-refractivity contribution in [1.82, 2.24) is 4.72 Å². The van der Waals surface area contributed by atoms with E-state index in [4.69, 9.17) is 5.73 Å². The van der Waals surface area contributed by atoms with Crippen LogP contribution < -0.4 is 10.5 Å². The van der Waals surface area contributed by atoms with Gasteiger partial charge in [-0.3, -0.25) is 0 Å². The van der Waals surface area contributed by atoms with Gasteiger partial charge in [-0.1, -0.05) is 0 Å². The lowest BCUT2D eigenvalue weighted by Crippen LogP contribution is -2.29. The van der Waals surface area contributed by atoms with E-state index in [1.54, 1.807) is 18.6 Å². The summed E-state index contributed by atoms with van der Waals surface area (Å²) in [5.74, 6) is 0. The fourth-order valence-electron chi connectivity index (χ4n) is 1.30. The fraction of sp³-hybridized carbons (Fsp3) is 0.400. The van der Waals surface area contributed by atoms with E-state index >= 15 is 0 Å². The molecule has 0 amide bonds. The number of nitrogens with one attached hydrogen (secondary N) is 1. The van der Waals surface area contributed by atoms with Gasteiger partial charge in [-0.05, 0) is 37.1 Å². The summed E-state index contributed by atoms with van der Waals surface area (Å²) < 4.78 is 49.1. The monoisotopic (exact) mass is 264 g/mol. The molecular weight excluding hydrogens is 250 g/mol. The number of hydrogen-bond donors (Lipinski definition) is 2. The number of nitrogens with two attached hydrogens (primary N) is 1. The van der Waals surface area contributed by atoms with E-state index < -0.39 is 23.0 Å². The first-order valence-electron chi connectivity index (χ1n) is 4.88. The van der Waals surface area contributed by atoms with Crippen LogP contribution in [0.15, 0.2) is 17.0 Å². The summed E-state index contributed by atoms with van der Waals surface area (Å²) in [6, 6.07) is 2.88. The first kappa shape index (κ1) is 13.9. The third kappa shape index (κ3) is 3.37. The Hall–Kier alpha value is -1.21. The largest absolute Gasteiger partial charge is 0.398 e. The molecule has 0 aromatic heterocycles. The molecule has 0 saturated heterocycles. The molecule has 0 saturated carbocycles. The van der Waals surface area contributed by atoms with Crippen molar-refractivity contribution in [1.29, 1.82) is 0 Å². The molecule has 0 spiro atoms. The molecule has 96 valence electrons. The van der Waals surface area contributed by atoms with Crippen molar-refractivity contribution in [3.8, 4) is 0 Å². The maximum Gasteiger partial charge on any atom is 0.251 e. The summed E-state index contributed by atoms with van der Waals surface area (Å²) in [4.78, 5) is -0.166. The van der Waals surface area contributed by atoms with E-state index in [-0.39, 0.29) is 10.6 Å². The van der Waals surface area contributed by atoms with Crippen LogP contribution in [0.25, 0.3) is 0 Å². The molecule has 3 N–H and O–H groups in total. The van der Waals surface area contributed by atoms with Crippen LogP contribution in [0, 0.1) is 13.8 Å². The molecule has 0 aliphatic rings. The zero-order valence-electron chi connectivity index (χ0n) is 9.50. The Morgan fingerprint density at radius 1 is 1.29 bits per heavy atom. The Bertz CT molecular complexity index is 515. The van der Waals surface area contributed by atoms with Crippen molar-refractivity contribution < 1.29 is 17.2 Å². The number of anilines is 1. The summed E-state index contributed by atoms with van der Waals surface area (Å²) in [6.45, 7) is 2.59. The fourth-order valence-corrected chi connectivity index (χ4v) is 2.50. The van der Waals surface area contributed by atoms with Crippen molar-refractivity contribution >= 4 is 15.7 Å². The molecule has 0 radical (unpaired) electrons. The van der Waals surface area contributed by atoms with E-state index in [2.05, 4.69) is 0 Å². The highest BCUT2D eigenvalue weighted by Crippen LogP contribution is 2.22. The lowest BCUT2D eigenvalue weighted by atomic mass is 10.1. The summed E-state index contributed by atoms with van der Waals surface area (Å²) in [5.41, 5.74) is 7.20. The zero-order valence-corrected chi connectivity index (χ0v) is 10.3. The second-order valence-corrected chi connectivity index (χ2v) is 5.45. The molecule has 0 bridgehead atoms. The molecule has 7 heteroatoms. The smallest absolute Gasteiger partial charge is 0.251 e. The van der Waals surface area contributed by atoms with Crippen LogP contribution in [0.5, 0.6) is 0 Å². The van der Waals surface area contributed by atoms with Gasteiger partial charge in [-0.25, -0.2) is 21.9 Å². The van der Waals surface area contributed by atoms with E-state index in [1.807, 2.05) is 0 Å². The van der Waals surface area contributed by atoms with Gasteiger partial charge in [0.2, 0.25) is 10.0 Å². The van der Waals surface area contributed by atoms with Gasteiger partial charge >= 0.3 is 0 Å². The second-order valence-electron chi connectivity index (χ2n) is 3.72. The molecule has 17 heavy (non-hydrogen) atoms. The lowest BCUT2D eigenvalue weighted by molar-refractivity contribution is 0.153. The number of halogens is 2. The van der Waals surface area contributed by atoms with Crippen LogP contribution in [-0.2, 0) is 10.0 Å². The molecule has 0 fully saturated rings. The molecule has 1 aromatic rings. The number of alkyl halides is 2. The summed E-state index contributed by atoms with van der Waals surface area (Å²) in [5, 5.41) is 0. The third-order valence-corrected chi connectivity index (χ3v) is 3.82. The maximum absolute atomic E-state index is 12.0. The molecule has 0 atom stereocenters. The molecule has 0 unspecified atom stereocenters.